The van der Waals surface area contributed by atoms with E-state index < -0.39 is 0 Å². The van der Waals surface area contributed by atoms with E-state index in [2.05, 4.69) is 4.90 Å². The Hall–Kier alpha value is -2.35. The van der Waals surface area contributed by atoms with Crippen LogP contribution in [0.2, 0.25) is 0 Å². The van der Waals surface area contributed by atoms with Crippen molar-refractivity contribution in [2.75, 3.05) is 59.9 Å². The Morgan fingerprint density at radius 2 is 1.70 bits per heavy atom. The molecule has 8 heteroatoms. The zero-order valence-corrected chi connectivity index (χ0v) is 16.5. The van der Waals surface area contributed by atoms with Gasteiger partial charge in [0, 0.05) is 52.6 Å². The molecule has 0 unspecified atom stereocenters. The molecule has 3 amide bonds. The number of carbonyl (C=O) groups is 3. The van der Waals surface area contributed by atoms with Crippen LogP contribution in [0.25, 0.3) is 0 Å². The van der Waals surface area contributed by atoms with Crippen LogP contribution in [-0.4, -0.2) is 97.2 Å². The molecule has 1 aliphatic heterocycles. The molecule has 1 saturated heterocycles. The maximum atomic E-state index is 12.5. The monoisotopic (exact) mass is 378 g/mol. The standard InChI is InChI=1S/C19H30N4O4/c1-16(24)21(9-5-8-20(2)3)10-7-18(25)22-11-13-23(14-12-22)19(26)17-6-4-15-27-17/h4,6,15H,5,7-14H2,1-3H3. The Bertz CT molecular complexity index is 622. The summed E-state index contributed by atoms with van der Waals surface area (Å²) in [6.07, 6.45) is 2.67. The number of rotatable bonds is 8. The second kappa shape index (κ2) is 10.1. The highest BCUT2D eigenvalue weighted by atomic mass is 16.3. The molecule has 1 aromatic rings. The van der Waals surface area contributed by atoms with Crippen LogP contribution >= 0.6 is 0 Å². The highest BCUT2D eigenvalue weighted by Crippen LogP contribution is 2.10. The van der Waals surface area contributed by atoms with Crippen LogP contribution < -0.4 is 0 Å². The van der Waals surface area contributed by atoms with Crippen LogP contribution in [0, 0.1) is 0 Å². The fourth-order valence-corrected chi connectivity index (χ4v) is 3.11. The first-order valence-corrected chi connectivity index (χ1v) is 9.39. The van der Waals surface area contributed by atoms with Crippen molar-refractivity contribution >= 4 is 17.7 Å². The van der Waals surface area contributed by atoms with Crippen LogP contribution in [0.3, 0.4) is 0 Å². The fraction of sp³-hybridized carbons (Fsp3) is 0.632. The van der Waals surface area contributed by atoms with E-state index in [4.69, 9.17) is 4.42 Å². The quantitative estimate of drug-likeness (QED) is 0.667. The summed E-state index contributed by atoms with van der Waals surface area (Å²) in [5.41, 5.74) is 0. The minimum atomic E-state index is -0.143. The first kappa shape index (κ1) is 21.0. The molecule has 0 saturated carbocycles. The molecule has 0 aromatic carbocycles. The molecule has 1 aromatic heterocycles. The Labute approximate surface area is 160 Å². The van der Waals surface area contributed by atoms with Crippen molar-refractivity contribution in [1.29, 1.82) is 0 Å². The second-order valence-corrected chi connectivity index (χ2v) is 7.06. The molecule has 0 atom stereocenters. The van der Waals surface area contributed by atoms with Gasteiger partial charge in [-0.3, -0.25) is 14.4 Å². The van der Waals surface area contributed by atoms with Crippen molar-refractivity contribution < 1.29 is 18.8 Å². The third kappa shape index (κ3) is 6.39. The van der Waals surface area contributed by atoms with Gasteiger partial charge in [-0.15, -0.1) is 0 Å². The van der Waals surface area contributed by atoms with E-state index in [0.717, 1.165) is 13.0 Å². The average molecular weight is 378 g/mol. The van der Waals surface area contributed by atoms with Gasteiger partial charge in [-0.1, -0.05) is 0 Å². The first-order chi connectivity index (χ1) is 12.9. The maximum Gasteiger partial charge on any atom is 0.289 e. The first-order valence-electron chi connectivity index (χ1n) is 9.39. The Kier molecular flexibility index (Phi) is 7.84. The van der Waals surface area contributed by atoms with Crippen molar-refractivity contribution in [1.82, 2.24) is 19.6 Å². The Balaban J connectivity index is 1.74. The Morgan fingerprint density at radius 1 is 1.04 bits per heavy atom. The number of carbonyl (C=O) groups excluding carboxylic acids is 3. The lowest BCUT2D eigenvalue weighted by atomic mass is 10.2. The SMILES string of the molecule is CC(=O)N(CCCN(C)C)CCC(=O)N1CCN(C(=O)c2ccco2)CC1. The molecule has 0 bridgehead atoms. The third-order valence-corrected chi connectivity index (χ3v) is 4.73. The van der Waals surface area contributed by atoms with E-state index >= 15 is 0 Å². The normalized spacial score (nSPS) is 14.5. The minimum Gasteiger partial charge on any atom is -0.459 e. The summed E-state index contributed by atoms with van der Waals surface area (Å²) in [4.78, 5) is 43.8. The second-order valence-electron chi connectivity index (χ2n) is 7.06. The third-order valence-electron chi connectivity index (χ3n) is 4.73. The minimum absolute atomic E-state index is 0.00424. The van der Waals surface area contributed by atoms with E-state index in [1.165, 1.54) is 6.26 Å². The van der Waals surface area contributed by atoms with Crippen LogP contribution in [-0.2, 0) is 9.59 Å². The smallest absolute Gasteiger partial charge is 0.289 e. The molecule has 8 nitrogen and oxygen atoms in total. The molecule has 2 rings (SSSR count). The fourth-order valence-electron chi connectivity index (χ4n) is 3.11. The van der Waals surface area contributed by atoms with Crippen LogP contribution in [0.4, 0.5) is 0 Å². The summed E-state index contributed by atoms with van der Waals surface area (Å²) < 4.78 is 5.14. The van der Waals surface area contributed by atoms with Crippen LogP contribution in [0.5, 0.6) is 0 Å². The zero-order valence-electron chi connectivity index (χ0n) is 16.5. The van der Waals surface area contributed by atoms with Crippen LogP contribution in [0.15, 0.2) is 22.8 Å². The van der Waals surface area contributed by atoms with Crippen molar-refractivity contribution in [3.63, 3.8) is 0 Å². The van der Waals surface area contributed by atoms with Crippen molar-refractivity contribution in [3.8, 4) is 0 Å². The number of hydrogen-bond donors (Lipinski definition) is 0. The number of furan rings is 1. The van der Waals surface area contributed by atoms with Gasteiger partial charge < -0.3 is 24.0 Å². The molecule has 0 spiro atoms. The number of piperazine rings is 1. The lowest BCUT2D eigenvalue weighted by Crippen LogP contribution is -2.51. The molecule has 0 aliphatic carbocycles. The molecule has 150 valence electrons. The topological polar surface area (TPSA) is 77.3 Å². The average Bonchev–Trinajstić information content (AvgIpc) is 3.18. The molecule has 1 fully saturated rings. The molecule has 2 heterocycles. The van der Waals surface area contributed by atoms with Gasteiger partial charge in [-0.2, -0.15) is 0 Å². The summed E-state index contributed by atoms with van der Waals surface area (Å²) in [6, 6.07) is 3.33. The molecule has 0 N–H and O–H groups in total. The van der Waals surface area contributed by atoms with E-state index in [-0.39, 0.29) is 17.7 Å². The largest absolute Gasteiger partial charge is 0.459 e. The van der Waals surface area contributed by atoms with Crippen molar-refractivity contribution in [3.05, 3.63) is 24.2 Å². The summed E-state index contributed by atoms with van der Waals surface area (Å²) in [6.45, 7) is 5.54. The zero-order chi connectivity index (χ0) is 19.8. The van der Waals surface area contributed by atoms with Gasteiger partial charge in [0.2, 0.25) is 11.8 Å². The summed E-state index contributed by atoms with van der Waals surface area (Å²) in [5, 5.41) is 0. The molecule has 27 heavy (non-hydrogen) atoms. The summed E-state index contributed by atoms with van der Waals surface area (Å²) >= 11 is 0. The summed E-state index contributed by atoms with van der Waals surface area (Å²) in [5.74, 6) is 0.203. The molecular formula is C19H30N4O4. The van der Waals surface area contributed by atoms with Gasteiger partial charge >= 0.3 is 0 Å². The predicted octanol–water partition coefficient (Wildman–Crippen LogP) is 0.754. The van der Waals surface area contributed by atoms with Crippen molar-refractivity contribution in [2.24, 2.45) is 0 Å². The van der Waals surface area contributed by atoms with Crippen LogP contribution in [0.1, 0.15) is 30.3 Å². The van der Waals surface area contributed by atoms with Gasteiger partial charge in [0.15, 0.2) is 5.76 Å². The van der Waals surface area contributed by atoms with Gasteiger partial charge in [-0.25, -0.2) is 0 Å². The van der Waals surface area contributed by atoms with Gasteiger partial charge in [0.25, 0.3) is 5.91 Å². The lowest BCUT2D eigenvalue weighted by molar-refractivity contribution is -0.134. The predicted molar refractivity (Wildman–Crippen MR) is 101 cm³/mol. The number of hydrogen-bond acceptors (Lipinski definition) is 5. The van der Waals surface area contributed by atoms with Gasteiger partial charge in [-0.05, 0) is 39.2 Å². The molecule has 0 radical (unpaired) electrons. The number of amides is 3. The highest BCUT2D eigenvalue weighted by Gasteiger charge is 2.26. The highest BCUT2D eigenvalue weighted by molar-refractivity contribution is 5.91. The van der Waals surface area contributed by atoms with E-state index in [0.29, 0.717) is 51.4 Å². The van der Waals surface area contributed by atoms with E-state index in [1.54, 1.807) is 33.8 Å². The number of nitrogens with zero attached hydrogens (tertiary/aromatic N) is 4. The summed E-state index contributed by atoms with van der Waals surface area (Å²) in [7, 11) is 4.00. The van der Waals surface area contributed by atoms with E-state index in [1.807, 2.05) is 14.1 Å². The Morgan fingerprint density at radius 3 is 2.26 bits per heavy atom. The van der Waals surface area contributed by atoms with Gasteiger partial charge in [0.1, 0.15) is 0 Å². The lowest BCUT2D eigenvalue weighted by Gasteiger charge is -2.34. The van der Waals surface area contributed by atoms with E-state index in [9.17, 15) is 14.4 Å². The molecular weight excluding hydrogens is 348 g/mol. The maximum absolute atomic E-state index is 12.5. The molecule has 1 aliphatic rings. The van der Waals surface area contributed by atoms with Crippen molar-refractivity contribution in [2.45, 2.75) is 19.8 Å². The van der Waals surface area contributed by atoms with Gasteiger partial charge in [0.05, 0.1) is 6.26 Å².